The molecular weight excluding hydrogens is 462 g/mol. The Kier molecular flexibility index (Phi) is 6.16. The second-order valence-electron chi connectivity index (χ2n) is 10.0. The molecule has 1 aliphatic heterocycles. The molecule has 0 spiro atoms. The Morgan fingerprint density at radius 1 is 1.00 bits per heavy atom. The average molecular weight is 494 g/mol. The SMILES string of the molecule is COc1cccc(-c2[nH]c3ccccc3c2[C@H]2c3ccccc3C(=O)N2CC(=O)NC2CCCCC2)c1. The van der Waals surface area contributed by atoms with Crippen molar-refractivity contribution in [2.45, 2.75) is 44.2 Å². The Bertz CT molecular complexity index is 1470. The van der Waals surface area contributed by atoms with Gasteiger partial charge in [-0.05, 0) is 42.7 Å². The van der Waals surface area contributed by atoms with E-state index in [4.69, 9.17) is 4.74 Å². The molecule has 0 saturated heterocycles. The number of methoxy groups -OCH3 is 1. The monoisotopic (exact) mass is 493 g/mol. The number of rotatable bonds is 6. The van der Waals surface area contributed by atoms with Crippen LogP contribution in [0.4, 0.5) is 0 Å². The van der Waals surface area contributed by atoms with Gasteiger partial charge in [0.15, 0.2) is 0 Å². The molecule has 2 amide bonds. The predicted octanol–water partition coefficient (Wildman–Crippen LogP) is 5.84. The number of carbonyl (C=O) groups excluding carboxylic acids is 2. The van der Waals surface area contributed by atoms with Gasteiger partial charge >= 0.3 is 0 Å². The van der Waals surface area contributed by atoms with E-state index in [2.05, 4.69) is 16.4 Å². The minimum atomic E-state index is -0.391. The molecule has 0 radical (unpaired) electrons. The number of hydrogen-bond acceptors (Lipinski definition) is 3. The lowest BCUT2D eigenvalue weighted by atomic mass is 9.93. The standard InChI is InChI=1S/C31H31N3O3/c1-37-22-13-9-10-20(18-22)29-28(25-16-7-8-17-26(25)33-29)30-23-14-5-6-15-24(23)31(36)34(30)19-27(35)32-21-11-3-2-4-12-21/h5-10,13-18,21,30,33H,2-4,11-12,19H2,1H3,(H,32,35)/t30-/m1/s1. The third-order valence-corrected chi connectivity index (χ3v) is 7.72. The first-order valence-electron chi connectivity index (χ1n) is 13.1. The summed E-state index contributed by atoms with van der Waals surface area (Å²) in [6.07, 6.45) is 5.52. The van der Waals surface area contributed by atoms with Crippen LogP contribution in [0.3, 0.4) is 0 Å². The normalized spacial score (nSPS) is 17.7. The van der Waals surface area contributed by atoms with E-state index in [0.29, 0.717) is 5.56 Å². The Morgan fingerprint density at radius 2 is 1.78 bits per heavy atom. The van der Waals surface area contributed by atoms with E-state index in [9.17, 15) is 9.59 Å². The number of para-hydroxylation sites is 1. The molecule has 1 atom stereocenters. The molecule has 1 aromatic heterocycles. The summed E-state index contributed by atoms with van der Waals surface area (Å²) in [5.41, 5.74) is 5.44. The number of hydrogen-bond donors (Lipinski definition) is 2. The molecule has 188 valence electrons. The Labute approximate surface area is 216 Å². The summed E-state index contributed by atoms with van der Waals surface area (Å²) in [6.45, 7) is 0.0196. The van der Waals surface area contributed by atoms with Gasteiger partial charge < -0.3 is 19.9 Å². The molecule has 2 N–H and O–H groups in total. The largest absolute Gasteiger partial charge is 0.497 e. The summed E-state index contributed by atoms with van der Waals surface area (Å²) in [6, 6.07) is 23.6. The van der Waals surface area contributed by atoms with Crippen LogP contribution in [0.5, 0.6) is 5.75 Å². The van der Waals surface area contributed by atoms with Gasteiger partial charge in [-0.3, -0.25) is 9.59 Å². The highest BCUT2D eigenvalue weighted by Crippen LogP contribution is 2.45. The van der Waals surface area contributed by atoms with Crippen molar-refractivity contribution in [3.63, 3.8) is 0 Å². The van der Waals surface area contributed by atoms with E-state index in [1.807, 2.05) is 66.7 Å². The van der Waals surface area contributed by atoms with Crippen molar-refractivity contribution in [3.05, 3.63) is 89.5 Å². The van der Waals surface area contributed by atoms with Crippen molar-refractivity contribution < 1.29 is 14.3 Å². The third-order valence-electron chi connectivity index (χ3n) is 7.72. The number of benzene rings is 3. The molecule has 37 heavy (non-hydrogen) atoms. The Morgan fingerprint density at radius 3 is 2.62 bits per heavy atom. The first-order valence-corrected chi connectivity index (χ1v) is 13.1. The van der Waals surface area contributed by atoms with Crippen LogP contribution in [-0.2, 0) is 4.79 Å². The fourth-order valence-corrected chi connectivity index (χ4v) is 5.97. The Hall–Kier alpha value is -4.06. The van der Waals surface area contributed by atoms with Gasteiger partial charge in [-0.1, -0.05) is 67.8 Å². The van der Waals surface area contributed by atoms with Crippen molar-refractivity contribution in [3.8, 4) is 17.0 Å². The molecule has 0 bridgehead atoms. The zero-order chi connectivity index (χ0) is 25.4. The van der Waals surface area contributed by atoms with E-state index < -0.39 is 6.04 Å². The number of ether oxygens (including phenoxy) is 1. The van der Waals surface area contributed by atoms with Gasteiger partial charge in [0, 0.05) is 33.6 Å². The van der Waals surface area contributed by atoms with Crippen molar-refractivity contribution >= 4 is 22.7 Å². The van der Waals surface area contributed by atoms with E-state index in [-0.39, 0.29) is 24.4 Å². The number of nitrogens with zero attached hydrogens (tertiary/aromatic N) is 1. The molecule has 2 heterocycles. The van der Waals surface area contributed by atoms with Crippen LogP contribution < -0.4 is 10.1 Å². The number of amides is 2. The lowest BCUT2D eigenvalue weighted by Crippen LogP contribution is -2.44. The van der Waals surface area contributed by atoms with Gasteiger partial charge in [0.05, 0.1) is 18.8 Å². The van der Waals surface area contributed by atoms with Crippen molar-refractivity contribution in [1.82, 2.24) is 15.2 Å². The molecule has 6 rings (SSSR count). The van der Waals surface area contributed by atoms with Crippen molar-refractivity contribution in [2.24, 2.45) is 0 Å². The number of nitrogens with one attached hydrogen (secondary N) is 2. The fraction of sp³-hybridized carbons (Fsp3) is 0.290. The van der Waals surface area contributed by atoms with Gasteiger partial charge in [-0.25, -0.2) is 0 Å². The first kappa shape index (κ1) is 23.3. The number of carbonyl (C=O) groups is 2. The van der Waals surface area contributed by atoms with Crippen LogP contribution >= 0.6 is 0 Å². The van der Waals surface area contributed by atoms with Gasteiger partial charge in [0.1, 0.15) is 12.3 Å². The number of aromatic amines is 1. The van der Waals surface area contributed by atoms with Crippen LogP contribution in [-0.4, -0.2) is 41.4 Å². The molecule has 1 saturated carbocycles. The van der Waals surface area contributed by atoms with Gasteiger partial charge in [0.25, 0.3) is 5.91 Å². The van der Waals surface area contributed by atoms with Gasteiger partial charge in [0.2, 0.25) is 5.91 Å². The van der Waals surface area contributed by atoms with Gasteiger partial charge in [-0.15, -0.1) is 0 Å². The van der Waals surface area contributed by atoms with Crippen LogP contribution in [0, 0.1) is 0 Å². The second-order valence-corrected chi connectivity index (χ2v) is 10.0. The minimum Gasteiger partial charge on any atom is -0.497 e. The Balaban J connectivity index is 1.46. The van der Waals surface area contributed by atoms with E-state index >= 15 is 0 Å². The highest BCUT2D eigenvalue weighted by atomic mass is 16.5. The quantitative estimate of drug-likeness (QED) is 0.355. The van der Waals surface area contributed by atoms with Crippen LogP contribution in [0.2, 0.25) is 0 Å². The van der Waals surface area contributed by atoms with Crippen LogP contribution in [0.25, 0.3) is 22.2 Å². The first-order chi connectivity index (χ1) is 18.1. The molecule has 3 aromatic carbocycles. The van der Waals surface area contributed by atoms with E-state index in [1.165, 1.54) is 6.42 Å². The third kappa shape index (κ3) is 4.26. The van der Waals surface area contributed by atoms with E-state index in [1.54, 1.807) is 12.0 Å². The van der Waals surface area contributed by atoms with E-state index in [0.717, 1.165) is 64.7 Å². The minimum absolute atomic E-state index is 0.0196. The topological polar surface area (TPSA) is 74.4 Å². The van der Waals surface area contributed by atoms with Crippen LogP contribution in [0.15, 0.2) is 72.8 Å². The number of aromatic nitrogens is 1. The zero-order valence-corrected chi connectivity index (χ0v) is 21.0. The summed E-state index contributed by atoms with van der Waals surface area (Å²) < 4.78 is 5.50. The predicted molar refractivity (Wildman–Crippen MR) is 145 cm³/mol. The molecular formula is C31H31N3O3. The molecule has 0 unspecified atom stereocenters. The zero-order valence-electron chi connectivity index (χ0n) is 21.0. The lowest BCUT2D eigenvalue weighted by molar-refractivity contribution is -0.122. The fourth-order valence-electron chi connectivity index (χ4n) is 5.97. The van der Waals surface area contributed by atoms with Gasteiger partial charge in [-0.2, -0.15) is 0 Å². The van der Waals surface area contributed by atoms with Crippen molar-refractivity contribution in [1.29, 1.82) is 0 Å². The lowest BCUT2D eigenvalue weighted by Gasteiger charge is -2.28. The van der Waals surface area contributed by atoms with Crippen LogP contribution in [0.1, 0.15) is 59.6 Å². The molecule has 2 aliphatic rings. The highest BCUT2D eigenvalue weighted by molar-refractivity contribution is 6.03. The molecule has 6 nitrogen and oxygen atoms in total. The maximum atomic E-state index is 13.7. The number of fused-ring (bicyclic) bond motifs is 2. The molecule has 4 aromatic rings. The molecule has 1 aliphatic carbocycles. The maximum Gasteiger partial charge on any atom is 0.255 e. The van der Waals surface area contributed by atoms with Crippen molar-refractivity contribution in [2.75, 3.05) is 13.7 Å². The second kappa shape index (κ2) is 9.77. The molecule has 6 heteroatoms. The summed E-state index contributed by atoms with van der Waals surface area (Å²) in [4.78, 5) is 32.3. The average Bonchev–Trinajstić information content (AvgIpc) is 3.44. The maximum absolute atomic E-state index is 13.7. The molecule has 1 fully saturated rings. The smallest absolute Gasteiger partial charge is 0.255 e. The number of H-pyrrole nitrogens is 1. The highest BCUT2D eigenvalue weighted by Gasteiger charge is 2.41. The summed E-state index contributed by atoms with van der Waals surface area (Å²) in [7, 11) is 1.66. The summed E-state index contributed by atoms with van der Waals surface area (Å²) in [5.74, 6) is 0.552. The summed E-state index contributed by atoms with van der Waals surface area (Å²) >= 11 is 0. The summed E-state index contributed by atoms with van der Waals surface area (Å²) in [5, 5.41) is 4.24.